The molecule has 0 radical (unpaired) electrons. The number of carboxylic acid groups (broad SMARTS) is 1. The second-order valence-electron chi connectivity index (χ2n) is 4.64. The van der Waals surface area contributed by atoms with Crippen LogP contribution in [0.5, 0.6) is 5.75 Å². The third kappa shape index (κ3) is 1.81. The molecule has 94 valence electrons. The van der Waals surface area contributed by atoms with Crippen LogP contribution in [-0.4, -0.2) is 29.6 Å². The minimum absolute atomic E-state index is 0.0111. The van der Waals surface area contributed by atoms with Gasteiger partial charge in [-0.2, -0.15) is 0 Å². The molecule has 1 aromatic rings. The summed E-state index contributed by atoms with van der Waals surface area (Å²) in [5.74, 6) is -0.508. The lowest BCUT2D eigenvalue weighted by Gasteiger charge is -2.33. The molecule has 3 rings (SSSR count). The SMILES string of the molecule is O=C(O)[C@@H]1CN(C(=O)C2CC2)c2ccccc2O1. The molecular formula is C13H13NO4. The fourth-order valence-electron chi connectivity index (χ4n) is 2.12. The molecule has 1 N–H and O–H groups in total. The molecular weight excluding hydrogens is 234 g/mol. The van der Waals surface area contributed by atoms with Crippen LogP contribution < -0.4 is 9.64 Å². The Hall–Kier alpha value is -2.04. The van der Waals surface area contributed by atoms with E-state index in [1.165, 1.54) is 0 Å². The number of carbonyl (C=O) groups excluding carboxylic acids is 1. The molecule has 5 heteroatoms. The van der Waals surface area contributed by atoms with Crippen LogP contribution >= 0.6 is 0 Å². The first-order valence-electron chi connectivity index (χ1n) is 5.96. The first-order chi connectivity index (χ1) is 8.66. The molecule has 0 spiro atoms. The van der Waals surface area contributed by atoms with Crippen molar-refractivity contribution in [3.05, 3.63) is 24.3 Å². The van der Waals surface area contributed by atoms with Gasteiger partial charge in [-0.1, -0.05) is 12.1 Å². The highest BCUT2D eigenvalue weighted by molar-refractivity contribution is 5.99. The standard InChI is InChI=1S/C13H13NO4/c15-12(8-5-6-8)14-7-11(13(16)17)18-10-4-2-1-3-9(10)14/h1-4,8,11H,5-7H2,(H,16,17)/t11-/m0/s1. The fourth-order valence-corrected chi connectivity index (χ4v) is 2.12. The van der Waals surface area contributed by atoms with E-state index in [0.29, 0.717) is 11.4 Å². The van der Waals surface area contributed by atoms with Crippen molar-refractivity contribution in [2.75, 3.05) is 11.4 Å². The van der Waals surface area contributed by atoms with Gasteiger partial charge in [0.1, 0.15) is 5.75 Å². The fraction of sp³-hybridized carbons (Fsp3) is 0.385. The lowest BCUT2D eigenvalue weighted by molar-refractivity contribution is -0.145. The molecule has 1 aromatic carbocycles. The average Bonchev–Trinajstić information content (AvgIpc) is 3.20. The van der Waals surface area contributed by atoms with E-state index in [9.17, 15) is 9.59 Å². The van der Waals surface area contributed by atoms with Crippen LogP contribution in [0.15, 0.2) is 24.3 Å². The predicted molar refractivity (Wildman–Crippen MR) is 63.6 cm³/mol. The van der Waals surface area contributed by atoms with Crippen LogP contribution in [0.3, 0.4) is 0 Å². The van der Waals surface area contributed by atoms with Crippen LogP contribution in [0.1, 0.15) is 12.8 Å². The minimum atomic E-state index is -1.04. The maximum Gasteiger partial charge on any atom is 0.346 e. The highest BCUT2D eigenvalue weighted by Crippen LogP contribution is 2.38. The number of carboxylic acids is 1. The Morgan fingerprint density at radius 1 is 1.28 bits per heavy atom. The van der Waals surface area contributed by atoms with E-state index in [2.05, 4.69) is 0 Å². The van der Waals surface area contributed by atoms with Crippen LogP contribution in [0.2, 0.25) is 0 Å². The molecule has 1 heterocycles. The first kappa shape index (κ1) is 11.1. The van der Waals surface area contributed by atoms with Gasteiger partial charge in [-0.25, -0.2) is 4.79 Å². The number of hydrogen-bond donors (Lipinski definition) is 1. The van der Waals surface area contributed by atoms with E-state index in [-0.39, 0.29) is 18.4 Å². The Morgan fingerprint density at radius 2 is 2.00 bits per heavy atom. The number of ether oxygens (including phenoxy) is 1. The molecule has 1 atom stereocenters. The average molecular weight is 247 g/mol. The topological polar surface area (TPSA) is 66.8 Å². The summed E-state index contributed by atoms with van der Waals surface area (Å²) in [6, 6.07) is 7.06. The highest BCUT2D eigenvalue weighted by Gasteiger charge is 2.39. The monoisotopic (exact) mass is 247 g/mol. The number of fused-ring (bicyclic) bond motifs is 1. The lowest BCUT2D eigenvalue weighted by Crippen LogP contribution is -2.47. The Labute approximate surface area is 104 Å². The molecule has 2 aliphatic rings. The van der Waals surface area contributed by atoms with Crippen molar-refractivity contribution >= 4 is 17.6 Å². The molecule has 1 saturated carbocycles. The highest BCUT2D eigenvalue weighted by atomic mass is 16.5. The minimum Gasteiger partial charge on any atom is -0.478 e. The van der Waals surface area contributed by atoms with E-state index in [0.717, 1.165) is 12.8 Å². The second kappa shape index (κ2) is 4.01. The number of aliphatic carboxylic acids is 1. The summed E-state index contributed by atoms with van der Waals surface area (Å²) in [7, 11) is 0. The van der Waals surface area contributed by atoms with Gasteiger partial charge in [-0.3, -0.25) is 4.79 Å². The molecule has 1 aliphatic carbocycles. The molecule has 0 aromatic heterocycles. The van der Waals surface area contributed by atoms with Crippen molar-refractivity contribution in [1.29, 1.82) is 0 Å². The lowest BCUT2D eigenvalue weighted by atomic mass is 10.1. The van der Waals surface area contributed by atoms with Gasteiger partial charge >= 0.3 is 5.97 Å². The summed E-state index contributed by atoms with van der Waals surface area (Å²) in [5.41, 5.74) is 0.673. The van der Waals surface area contributed by atoms with E-state index in [1.54, 1.807) is 23.1 Å². The van der Waals surface area contributed by atoms with E-state index in [1.807, 2.05) is 6.07 Å². The number of amides is 1. The number of rotatable bonds is 2. The van der Waals surface area contributed by atoms with Gasteiger partial charge in [0.15, 0.2) is 0 Å². The number of carbonyl (C=O) groups is 2. The van der Waals surface area contributed by atoms with E-state index >= 15 is 0 Å². The molecule has 0 unspecified atom stereocenters. The number of anilines is 1. The smallest absolute Gasteiger partial charge is 0.346 e. The van der Waals surface area contributed by atoms with E-state index < -0.39 is 12.1 Å². The predicted octanol–water partition coefficient (Wildman–Crippen LogP) is 1.28. The Kier molecular flexibility index (Phi) is 2.47. The number of para-hydroxylation sites is 2. The zero-order valence-electron chi connectivity index (χ0n) is 9.70. The third-order valence-corrected chi connectivity index (χ3v) is 3.24. The zero-order chi connectivity index (χ0) is 12.7. The van der Waals surface area contributed by atoms with Crippen molar-refractivity contribution in [1.82, 2.24) is 0 Å². The molecule has 1 fully saturated rings. The molecule has 1 amide bonds. The Balaban J connectivity index is 1.96. The summed E-state index contributed by atoms with van der Waals surface area (Å²) < 4.78 is 5.38. The van der Waals surface area contributed by atoms with Crippen LogP contribution in [-0.2, 0) is 9.59 Å². The summed E-state index contributed by atoms with van der Waals surface area (Å²) in [6.07, 6.45) is 0.814. The first-order valence-corrected chi connectivity index (χ1v) is 5.96. The van der Waals surface area contributed by atoms with Crippen molar-refractivity contribution in [3.63, 3.8) is 0 Å². The van der Waals surface area contributed by atoms with Gasteiger partial charge < -0.3 is 14.7 Å². The van der Waals surface area contributed by atoms with Crippen molar-refractivity contribution in [2.24, 2.45) is 5.92 Å². The van der Waals surface area contributed by atoms with Gasteiger partial charge in [0.25, 0.3) is 0 Å². The maximum atomic E-state index is 12.2. The molecule has 5 nitrogen and oxygen atoms in total. The summed E-state index contributed by atoms with van der Waals surface area (Å²) in [4.78, 5) is 24.8. The number of hydrogen-bond acceptors (Lipinski definition) is 3. The maximum absolute atomic E-state index is 12.2. The van der Waals surface area contributed by atoms with Gasteiger partial charge in [-0.15, -0.1) is 0 Å². The Morgan fingerprint density at radius 3 is 2.67 bits per heavy atom. The number of benzene rings is 1. The van der Waals surface area contributed by atoms with E-state index in [4.69, 9.17) is 9.84 Å². The summed E-state index contributed by atoms with van der Waals surface area (Å²) >= 11 is 0. The normalized spacial score (nSPS) is 22.0. The number of nitrogens with zero attached hydrogens (tertiary/aromatic N) is 1. The quantitative estimate of drug-likeness (QED) is 0.854. The van der Waals surface area contributed by atoms with Gasteiger partial charge in [0, 0.05) is 5.92 Å². The Bertz CT molecular complexity index is 509. The molecule has 0 bridgehead atoms. The van der Waals surface area contributed by atoms with Crippen LogP contribution in [0, 0.1) is 5.92 Å². The van der Waals surface area contributed by atoms with Gasteiger partial charge in [0.2, 0.25) is 12.0 Å². The molecule has 18 heavy (non-hydrogen) atoms. The van der Waals surface area contributed by atoms with Gasteiger partial charge in [-0.05, 0) is 25.0 Å². The summed E-state index contributed by atoms with van der Waals surface area (Å²) in [5, 5.41) is 9.05. The van der Waals surface area contributed by atoms with Crippen molar-refractivity contribution in [3.8, 4) is 5.75 Å². The van der Waals surface area contributed by atoms with Gasteiger partial charge in [0.05, 0.1) is 12.2 Å². The second-order valence-corrected chi connectivity index (χ2v) is 4.64. The molecule has 0 saturated heterocycles. The van der Waals surface area contributed by atoms with Crippen LogP contribution in [0.4, 0.5) is 5.69 Å². The van der Waals surface area contributed by atoms with Crippen molar-refractivity contribution < 1.29 is 19.4 Å². The third-order valence-electron chi connectivity index (χ3n) is 3.24. The largest absolute Gasteiger partial charge is 0.478 e. The summed E-state index contributed by atoms with van der Waals surface area (Å²) in [6.45, 7) is 0.0850. The van der Waals surface area contributed by atoms with Crippen LogP contribution in [0.25, 0.3) is 0 Å². The molecule has 1 aliphatic heterocycles. The zero-order valence-corrected chi connectivity index (χ0v) is 9.70. The van der Waals surface area contributed by atoms with Crippen molar-refractivity contribution in [2.45, 2.75) is 18.9 Å².